The van der Waals surface area contributed by atoms with Gasteiger partial charge in [0.05, 0.1) is 18.2 Å². The number of nitrogens with zero attached hydrogens (tertiary/aromatic N) is 3. The molecule has 0 aromatic heterocycles. The predicted molar refractivity (Wildman–Crippen MR) is 80.1 cm³/mol. The number of hydrogen-bond acceptors (Lipinski definition) is 4. The molecule has 0 aromatic carbocycles. The monoisotopic (exact) mass is 278 g/mol. The summed E-state index contributed by atoms with van der Waals surface area (Å²) in [6.07, 6.45) is 3.63. The van der Waals surface area contributed by atoms with Gasteiger partial charge in [-0.25, -0.2) is 0 Å². The van der Waals surface area contributed by atoms with Gasteiger partial charge in [-0.05, 0) is 13.3 Å². The van der Waals surface area contributed by atoms with Gasteiger partial charge in [-0.1, -0.05) is 19.4 Å². The lowest BCUT2D eigenvalue weighted by molar-refractivity contribution is -0.126. The first-order valence-electron chi connectivity index (χ1n) is 7.40. The van der Waals surface area contributed by atoms with E-state index >= 15 is 0 Å². The molecule has 1 rings (SSSR count). The van der Waals surface area contributed by atoms with Gasteiger partial charge in [0.25, 0.3) is 0 Å². The molecule has 112 valence electrons. The Morgan fingerprint density at radius 3 is 2.50 bits per heavy atom. The average molecular weight is 278 g/mol. The third-order valence-electron chi connectivity index (χ3n) is 3.85. The van der Waals surface area contributed by atoms with Crippen LogP contribution in [0.4, 0.5) is 0 Å². The van der Waals surface area contributed by atoms with Crippen LogP contribution in [0.25, 0.3) is 0 Å². The van der Waals surface area contributed by atoms with E-state index in [9.17, 15) is 10.1 Å². The van der Waals surface area contributed by atoms with Gasteiger partial charge in [-0.2, -0.15) is 5.26 Å². The van der Waals surface area contributed by atoms with Gasteiger partial charge in [-0.15, -0.1) is 6.58 Å². The minimum Gasteiger partial charge on any atom is -0.351 e. The zero-order valence-corrected chi connectivity index (χ0v) is 12.6. The van der Waals surface area contributed by atoms with Crippen molar-refractivity contribution in [3.8, 4) is 6.07 Å². The summed E-state index contributed by atoms with van der Waals surface area (Å²) in [6.45, 7) is 11.5. The van der Waals surface area contributed by atoms with Crippen LogP contribution in [-0.2, 0) is 4.79 Å². The summed E-state index contributed by atoms with van der Waals surface area (Å²) in [4.78, 5) is 16.3. The van der Waals surface area contributed by atoms with Gasteiger partial charge >= 0.3 is 0 Å². The third-order valence-corrected chi connectivity index (χ3v) is 3.85. The molecule has 5 heteroatoms. The number of amides is 1. The second-order valence-electron chi connectivity index (χ2n) is 5.22. The Bertz CT molecular complexity index is 355. The molecule has 2 atom stereocenters. The van der Waals surface area contributed by atoms with E-state index in [0.29, 0.717) is 6.54 Å². The van der Waals surface area contributed by atoms with Gasteiger partial charge in [0.15, 0.2) is 0 Å². The number of carbonyl (C=O) groups excluding carboxylic acids is 1. The van der Waals surface area contributed by atoms with Crippen molar-refractivity contribution in [1.29, 1.82) is 5.26 Å². The lowest BCUT2D eigenvalue weighted by Crippen LogP contribution is -2.55. The van der Waals surface area contributed by atoms with Crippen LogP contribution in [0.15, 0.2) is 12.7 Å². The summed E-state index contributed by atoms with van der Waals surface area (Å²) in [5, 5.41) is 12.0. The fourth-order valence-electron chi connectivity index (χ4n) is 2.52. The van der Waals surface area contributed by atoms with E-state index in [-0.39, 0.29) is 18.0 Å². The Balaban J connectivity index is 2.43. The summed E-state index contributed by atoms with van der Waals surface area (Å²) >= 11 is 0. The van der Waals surface area contributed by atoms with Crippen LogP contribution < -0.4 is 5.32 Å². The maximum Gasteiger partial charge on any atom is 0.237 e. The number of piperazine rings is 1. The Hall–Kier alpha value is -1.38. The molecule has 1 aliphatic heterocycles. The van der Waals surface area contributed by atoms with Crippen molar-refractivity contribution in [3.05, 3.63) is 12.7 Å². The largest absolute Gasteiger partial charge is 0.351 e. The third kappa shape index (κ3) is 4.62. The first-order chi connectivity index (χ1) is 9.63. The average Bonchev–Trinajstić information content (AvgIpc) is 2.49. The van der Waals surface area contributed by atoms with E-state index in [1.807, 2.05) is 6.92 Å². The number of rotatable bonds is 7. The van der Waals surface area contributed by atoms with Crippen LogP contribution in [0.2, 0.25) is 0 Å². The molecule has 5 nitrogen and oxygen atoms in total. The molecule has 1 saturated heterocycles. The lowest BCUT2D eigenvalue weighted by Gasteiger charge is -2.39. The molecule has 0 aromatic rings. The fraction of sp³-hybridized carbons (Fsp3) is 0.733. The second kappa shape index (κ2) is 8.72. The van der Waals surface area contributed by atoms with Crippen LogP contribution in [0.3, 0.4) is 0 Å². The molecule has 1 aliphatic rings. The summed E-state index contributed by atoms with van der Waals surface area (Å²) in [5.74, 6) is 0.0451. The maximum atomic E-state index is 11.9. The lowest BCUT2D eigenvalue weighted by atomic mass is 10.1. The van der Waals surface area contributed by atoms with Crippen molar-refractivity contribution in [2.75, 3.05) is 32.7 Å². The van der Waals surface area contributed by atoms with Gasteiger partial charge in [0.1, 0.15) is 0 Å². The summed E-state index contributed by atoms with van der Waals surface area (Å²) in [6, 6.07) is 2.28. The van der Waals surface area contributed by atoms with Gasteiger partial charge in [-0.3, -0.25) is 14.6 Å². The molecular formula is C15H26N4O. The minimum atomic E-state index is -0.121. The van der Waals surface area contributed by atoms with E-state index in [1.54, 1.807) is 6.08 Å². The van der Waals surface area contributed by atoms with Crippen molar-refractivity contribution in [2.45, 2.75) is 38.8 Å². The van der Waals surface area contributed by atoms with Gasteiger partial charge in [0, 0.05) is 32.7 Å². The highest BCUT2D eigenvalue weighted by Gasteiger charge is 2.28. The van der Waals surface area contributed by atoms with Crippen LogP contribution in [0.5, 0.6) is 0 Å². The van der Waals surface area contributed by atoms with E-state index in [0.717, 1.165) is 39.0 Å². The van der Waals surface area contributed by atoms with Crippen molar-refractivity contribution < 1.29 is 4.79 Å². The fourth-order valence-corrected chi connectivity index (χ4v) is 2.52. The molecule has 1 N–H and O–H groups in total. The van der Waals surface area contributed by atoms with E-state index in [4.69, 9.17) is 0 Å². The predicted octanol–water partition coefficient (Wildman–Crippen LogP) is 0.987. The Morgan fingerprint density at radius 2 is 2.00 bits per heavy atom. The molecule has 0 bridgehead atoms. The molecule has 0 radical (unpaired) electrons. The number of nitriles is 1. The molecule has 1 fully saturated rings. The van der Waals surface area contributed by atoms with Crippen LogP contribution in [0.1, 0.15) is 26.7 Å². The molecule has 20 heavy (non-hydrogen) atoms. The summed E-state index contributed by atoms with van der Waals surface area (Å²) in [7, 11) is 0. The van der Waals surface area contributed by atoms with E-state index in [2.05, 4.69) is 34.7 Å². The van der Waals surface area contributed by atoms with Crippen molar-refractivity contribution in [1.82, 2.24) is 15.1 Å². The maximum absolute atomic E-state index is 11.9. The Kier molecular flexibility index (Phi) is 7.27. The Morgan fingerprint density at radius 1 is 1.40 bits per heavy atom. The minimum absolute atomic E-state index is 0.0204. The number of hydrogen-bond donors (Lipinski definition) is 1. The second-order valence-corrected chi connectivity index (χ2v) is 5.22. The molecule has 1 heterocycles. The highest BCUT2D eigenvalue weighted by molar-refractivity contribution is 5.81. The highest BCUT2D eigenvalue weighted by atomic mass is 16.2. The van der Waals surface area contributed by atoms with Crippen LogP contribution in [-0.4, -0.2) is 60.5 Å². The van der Waals surface area contributed by atoms with Crippen molar-refractivity contribution in [3.63, 3.8) is 0 Å². The molecule has 0 saturated carbocycles. The van der Waals surface area contributed by atoms with Crippen LogP contribution in [0, 0.1) is 11.3 Å². The SMILES string of the molecule is C=CCNC(=O)C(C)N1CCN(C(C#N)CCC)CC1. The van der Waals surface area contributed by atoms with Crippen molar-refractivity contribution >= 4 is 5.91 Å². The normalized spacial score (nSPS) is 19.9. The van der Waals surface area contributed by atoms with E-state index < -0.39 is 0 Å². The number of carbonyl (C=O) groups is 1. The summed E-state index contributed by atoms with van der Waals surface area (Å²) < 4.78 is 0. The van der Waals surface area contributed by atoms with Crippen molar-refractivity contribution in [2.24, 2.45) is 0 Å². The van der Waals surface area contributed by atoms with Crippen LogP contribution >= 0.6 is 0 Å². The number of nitrogens with one attached hydrogen (secondary N) is 1. The first kappa shape index (κ1) is 16.7. The van der Waals surface area contributed by atoms with E-state index in [1.165, 1.54) is 0 Å². The smallest absolute Gasteiger partial charge is 0.237 e. The topological polar surface area (TPSA) is 59.4 Å². The van der Waals surface area contributed by atoms with Gasteiger partial charge < -0.3 is 5.32 Å². The zero-order valence-electron chi connectivity index (χ0n) is 12.6. The molecule has 2 unspecified atom stereocenters. The standard InChI is InChI=1S/C15H26N4O/c1-4-6-14(12-16)19-10-8-18(9-11-19)13(3)15(20)17-7-5-2/h5,13-14H,2,4,6-11H2,1,3H3,(H,17,20). The molecular weight excluding hydrogens is 252 g/mol. The van der Waals surface area contributed by atoms with Gasteiger partial charge in [0.2, 0.25) is 5.91 Å². The Labute approximate surface area is 122 Å². The summed E-state index contributed by atoms with van der Waals surface area (Å²) in [5.41, 5.74) is 0. The quantitative estimate of drug-likeness (QED) is 0.706. The molecule has 1 amide bonds. The first-order valence-corrected chi connectivity index (χ1v) is 7.40. The zero-order chi connectivity index (χ0) is 15.0. The molecule has 0 aliphatic carbocycles. The highest BCUT2D eigenvalue weighted by Crippen LogP contribution is 2.12. The molecule has 0 spiro atoms.